The lowest BCUT2D eigenvalue weighted by Gasteiger charge is -2.11. The molecule has 0 unspecified atom stereocenters. The zero-order valence-electron chi connectivity index (χ0n) is 10.1. The minimum atomic E-state index is -3.88. The van der Waals surface area contributed by atoms with E-state index in [1.807, 2.05) is 13.8 Å². The van der Waals surface area contributed by atoms with Gasteiger partial charge in [0.05, 0.1) is 4.90 Å². The van der Waals surface area contributed by atoms with Crippen LogP contribution in [-0.4, -0.2) is 14.5 Å². The molecule has 0 bridgehead atoms. The molecule has 0 atom stereocenters. The molecule has 0 aliphatic heterocycles. The number of halogens is 1. The highest BCUT2D eigenvalue weighted by Crippen LogP contribution is 2.19. The summed E-state index contributed by atoms with van der Waals surface area (Å²) in [5.41, 5.74) is 0.617. The van der Waals surface area contributed by atoms with Crippen LogP contribution in [0.15, 0.2) is 17.0 Å². The molecule has 6 heteroatoms. The van der Waals surface area contributed by atoms with Crippen LogP contribution in [0.25, 0.3) is 0 Å². The Hall–Kier alpha value is -0.980. The van der Waals surface area contributed by atoms with Crippen LogP contribution in [-0.2, 0) is 16.6 Å². The molecule has 0 radical (unpaired) electrons. The third kappa shape index (κ3) is 3.76. The summed E-state index contributed by atoms with van der Waals surface area (Å²) < 4.78 is 36.1. The predicted octanol–water partition coefficient (Wildman–Crippen LogP) is 1.28. The van der Waals surface area contributed by atoms with Gasteiger partial charge < -0.3 is 5.32 Å². The summed E-state index contributed by atoms with van der Waals surface area (Å²) in [6.45, 7) is 5.70. The molecule has 0 fully saturated rings. The van der Waals surface area contributed by atoms with Crippen LogP contribution in [0.2, 0.25) is 0 Å². The number of primary sulfonamides is 1. The molecule has 0 spiro atoms. The fourth-order valence-electron chi connectivity index (χ4n) is 1.43. The Bertz CT molecular complexity index is 512. The van der Waals surface area contributed by atoms with Gasteiger partial charge in [0, 0.05) is 18.2 Å². The molecule has 0 saturated carbocycles. The van der Waals surface area contributed by atoms with Crippen LogP contribution < -0.4 is 10.5 Å². The quantitative estimate of drug-likeness (QED) is 0.856. The summed E-state index contributed by atoms with van der Waals surface area (Å²) in [6.07, 6.45) is 0. The lowest BCUT2D eigenvalue weighted by Crippen LogP contribution is -2.22. The van der Waals surface area contributed by atoms with E-state index in [9.17, 15) is 12.8 Å². The fourth-order valence-corrected chi connectivity index (χ4v) is 2.27. The van der Waals surface area contributed by atoms with Crippen molar-refractivity contribution < 1.29 is 12.8 Å². The maximum atomic E-state index is 13.5. The first-order valence-corrected chi connectivity index (χ1v) is 6.81. The van der Waals surface area contributed by atoms with Crippen molar-refractivity contribution in [2.75, 3.05) is 0 Å². The topological polar surface area (TPSA) is 72.2 Å². The Balaban J connectivity index is 3.16. The molecule has 0 aliphatic rings. The van der Waals surface area contributed by atoms with Gasteiger partial charge in [-0.25, -0.2) is 17.9 Å². The van der Waals surface area contributed by atoms with Crippen LogP contribution in [0.5, 0.6) is 0 Å². The summed E-state index contributed by atoms with van der Waals surface area (Å²) in [4.78, 5) is -0.155. The molecule has 17 heavy (non-hydrogen) atoms. The Labute approximate surface area is 101 Å². The maximum Gasteiger partial charge on any atom is 0.238 e. The van der Waals surface area contributed by atoms with E-state index in [0.29, 0.717) is 12.1 Å². The number of nitrogens with two attached hydrogens (primary N) is 1. The first-order chi connectivity index (χ1) is 7.71. The predicted molar refractivity (Wildman–Crippen MR) is 64.5 cm³/mol. The standard InChI is InChI=1S/C11H17FN2O2S/c1-7(2)14-6-9-4-10(12)8(3)11(5-9)17(13,15)16/h4-5,7,14H,6H2,1-3H3,(H2,13,15,16). The monoisotopic (exact) mass is 260 g/mol. The molecule has 0 saturated heterocycles. The van der Waals surface area contributed by atoms with Crippen molar-refractivity contribution in [1.82, 2.24) is 5.32 Å². The SMILES string of the molecule is Cc1c(F)cc(CNC(C)C)cc1S(N)(=O)=O. The normalized spacial score (nSPS) is 12.1. The van der Waals surface area contributed by atoms with E-state index >= 15 is 0 Å². The summed E-state index contributed by atoms with van der Waals surface area (Å²) >= 11 is 0. The Kier molecular flexibility index (Phi) is 4.24. The van der Waals surface area contributed by atoms with E-state index in [1.165, 1.54) is 19.1 Å². The summed E-state index contributed by atoms with van der Waals surface area (Å²) in [6, 6.07) is 2.96. The van der Waals surface area contributed by atoms with Crippen molar-refractivity contribution in [3.8, 4) is 0 Å². The molecule has 0 aliphatic carbocycles. The lowest BCUT2D eigenvalue weighted by atomic mass is 10.1. The highest BCUT2D eigenvalue weighted by atomic mass is 32.2. The summed E-state index contributed by atoms with van der Waals surface area (Å²) in [5.74, 6) is -0.558. The minimum Gasteiger partial charge on any atom is -0.310 e. The van der Waals surface area contributed by atoms with E-state index in [4.69, 9.17) is 5.14 Å². The van der Waals surface area contributed by atoms with Gasteiger partial charge in [-0.05, 0) is 24.6 Å². The first-order valence-electron chi connectivity index (χ1n) is 5.27. The molecule has 1 aromatic carbocycles. The molecule has 96 valence electrons. The van der Waals surface area contributed by atoms with Crippen molar-refractivity contribution in [2.24, 2.45) is 5.14 Å². The molecule has 0 heterocycles. The Morgan fingerprint density at radius 2 is 2.00 bits per heavy atom. The van der Waals surface area contributed by atoms with E-state index in [1.54, 1.807) is 0 Å². The van der Waals surface area contributed by atoms with Crippen LogP contribution in [0.1, 0.15) is 25.0 Å². The van der Waals surface area contributed by atoms with Crippen LogP contribution >= 0.6 is 0 Å². The maximum absolute atomic E-state index is 13.5. The zero-order valence-corrected chi connectivity index (χ0v) is 10.9. The summed E-state index contributed by atoms with van der Waals surface area (Å²) in [5, 5.41) is 8.12. The number of sulfonamides is 1. The second-order valence-corrected chi connectivity index (χ2v) is 5.81. The molecular weight excluding hydrogens is 243 g/mol. The number of hydrogen-bond donors (Lipinski definition) is 2. The van der Waals surface area contributed by atoms with Crippen LogP contribution in [0.3, 0.4) is 0 Å². The van der Waals surface area contributed by atoms with Crippen molar-refractivity contribution in [3.63, 3.8) is 0 Å². The van der Waals surface area contributed by atoms with Gasteiger partial charge in [-0.1, -0.05) is 13.8 Å². The second kappa shape index (κ2) is 5.12. The molecule has 4 nitrogen and oxygen atoms in total. The number of rotatable bonds is 4. The Morgan fingerprint density at radius 3 is 2.47 bits per heavy atom. The number of nitrogens with one attached hydrogen (secondary N) is 1. The van der Waals surface area contributed by atoms with E-state index in [-0.39, 0.29) is 16.5 Å². The number of benzene rings is 1. The van der Waals surface area contributed by atoms with Gasteiger partial charge in [-0.2, -0.15) is 0 Å². The van der Waals surface area contributed by atoms with Crippen LogP contribution in [0.4, 0.5) is 4.39 Å². The first kappa shape index (κ1) is 14.1. The zero-order chi connectivity index (χ0) is 13.2. The average Bonchev–Trinajstić information content (AvgIpc) is 2.17. The third-order valence-corrected chi connectivity index (χ3v) is 3.41. The van der Waals surface area contributed by atoms with Crippen molar-refractivity contribution in [2.45, 2.75) is 38.3 Å². The molecular formula is C11H17FN2O2S. The number of hydrogen-bond acceptors (Lipinski definition) is 3. The minimum absolute atomic E-state index is 0.0563. The third-order valence-electron chi connectivity index (χ3n) is 2.38. The molecule has 1 aromatic rings. The van der Waals surface area contributed by atoms with Gasteiger partial charge in [-0.3, -0.25) is 0 Å². The molecule has 0 aromatic heterocycles. The summed E-state index contributed by atoms with van der Waals surface area (Å²) in [7, 11) is -3.88. The van der Waals surface area contributed by atoms with E-state index in [2.05, 4.69) is 5.32 Å². The Morgan fingerprint density at radius 1 is 1.41 bits per heavy atom. The highest BCUT2D eigenvalue weighted by molar-refractivity contribution is 7.89. The average molecular weight is 260 g/mol. The fraction of sp³-hybridized carbons (Fsp3) is 0.455. The van der Waals surface area contributed by atoms with Gasteiger partial charge in [0.2, 0.25) is 10.0 Å². The molecule has 0 amide bonds. The van der Waals surface area contributed by atoms with Gasteiger partial charge in [0.25, 0.3) is 0 Å². The van der Waals surface area contributed by atoms with Gasteiger partial charge in [-0.15, -0.1) is 0 Å². The van der Waals surface area contributed by atoms with Gasteiger partial charge in [0.15, 0.2) is 0 Å². The van der Waals surface area contributed by atoms with Crippen molar-refractivity contribution in [3.05, 3.63) is 29.1 Å². The van der Waals surface area contributed by atoms with Crippen molar-refractivity contribution in [1.29, 1.82) is 0 Å². The molecule has 3 N–H and O–H groups in total. The van der Waals surface area contributed by atoms with E-state index < -0.39 is 15.8 Å². The lowest BCUT2D eigenvalue weighted by molar-refractivity contribution is 0.571. The van der Waals surface area contributed by atoms with Gasteiger partial charge in [0.1, 0.15) is 5.82 Å². The van der Waals surface area contributed by atoms with Gasteiger partial charge >= 0.3 is 0 Å². The van der Waals surface area contributed by atoms with E-state index in [0.717, 1.165) is 0 Å². The second-order valence-electron chi connectivity index (χ2n) is 4.28. The van der Waals surface area contributed by atoms with Crippen LogP contribution in [0, 0.1) is 12.7 Å². The molecule has 1 rings (SSSR count). The highest BCUT2D eigenvalue weighted by Gasteiger charge is 2.16. The van der Waals surface area contributed by atoms with Crippen molar-refractivity contribution >= 4 is 10.0 Å². The smallest absolute Gasteiger partial charge is 0.238 e. The largest absolute Gasteiger partial charge is 0.310 e.